The van der Waals surface area contributed by atoms with Gasteiger partial charge in [-0.05, 0) is 98.7 Å². The zero-order valence-corrected chi connectivity index (χ0v) is 28.5. The average molecular weight is 648 g/mol. The van der Waals surface area contributed by atoms with Crippen LogP contribution in [0, 0.1) is 0 Å². The molecule has 1 aliphatic carbocycles. The van der Waals surface area contributed by atoms with Crippen LogP contribution >= 0.6 is 23.2 Å². The number of aryl methyl sites for hydroxylation is 1. The number of fused-ring (bicyclic) bond motifs is 1. The summed E-state index contributed by atoms with van der Waals surface area (Å²) in [5, 5.41) is 15.6. The van der Waals surface area contributed by atoms with E-state index >= 15 is 0 Å². The van der Waals surface area contributed by atoms with Gasteiger partial charge in [0.05, 0.1) is 15.6 Å². The molecule has 8 nitrogen and oxygen atoms in total. The van der Waals surface area contributed by atoms with Crippen LogP contribution in [0.1, 0.15) is 72.4 Å². The van der Waals surface area contributed by atoms with E-state index in [1.54, 1.807) is 60.7 Å². The first-order valence-corrected chi connectivity index (χ1v) is 14.5. The molecule has 0 aromatic heterocycles. The summed E-state index contributed by atoms with van der Waals surface area (Å²) in [6.45, 7) is 5.42. The van der Waals surface area contributed by atoms with Crippen molar-refractivity contribution >= 4 is 58.2 Å². The van der Waals surface area contributed by atoms with Gasteiger partial charge in [0, 0.05) is 23.7 Å². The summed E-state index contributed by atoms with van der Waals surface area (Å²) in [5.41, 5.74) is 3.64. The number of hydrogen-bond donors (Lipinski definition) is 3. The van der Waals surface area contributed by atoms with Crippen molar-refractivity contribution in [1.82, 2.24) is 5.32 Å². The van der Waals surface area contributed by atoms with E-state index in [-0.39, 0.29) is 53.0 Å². The van der Waals surface area contributed by atoms with Gasteiger partial charge in [-0.25, -0.2) is 9.59 Å². The number of anilines is 1. The molecule has 0 radical (unpaired) electrons. The second-order valence-corrected chi connectivity index (χ2v) is 12.1. The van der Waals surface area contributed by atoms with Gasteiger partial charge in [-0.15, -0.1) is 0 Å². The largest absolute Gasteiger partial charge is 1.00 e. The standard InChI is InChI=1S/C33H32Cl2N2O6.Na.H/c1-33(2,3)43-28(38)18-21-7-4-6-20-17-22(12-15-24(20)21)30(39)37-27(32(41)42)16-19-10-13-23(14-11-19)36-31(40)29-25(34)8-5-9-26(29)35;;/h5,8-15,17-18,27H,4,6-7,16H2,1-3H3,(H,36,40)(H,37,39)(H,41,42);;/q;+1;-1/b21-18+;;/t27-;;/m0../s1. The number of esters is 1. The fourth-order valence-corrected chi connectivity index (χ4v) is 5.36. The van der Waals surface area contributed by atoms with Gasteiger partial charge in [0.15, 0.2) is 0 Å². The molecule has 3 aromatic rings. The molecule has 11 heteroatoms. The maximum atomic E-state index is 13.1. The molecule has 0 heterocycles. The average Bonchev–Trinajstić information content (AvgIpc) is 2.92. The minimum atomic E-state index is -1.19. The predicted molar refractivity (Wildman–Crippen MR) is 168 cm³/mol. The van der Waals surface area contributed by atoms with Gasteiger partial charge in [-0.3, -0.25) is 9.59 Å². The number of amides is 2. The van der Waals surface area contributed by atoms with Crippen LogP contribution < -0.4 is 40.2 Å². The smallest absolute Gasteiger partial charge is 1.00 e. The number of carbonyl (C=O) groups excluding carboxylic acids is 3. The van der Waals surface area contributed by atoms with Crippen molar-refractivity contribution in [1.29, 1.82) is 0 Å². The van der Waals surface area contributed by atoms with Gasteiger partial charge in [0.2, 0.25) is 0 Å². The molecule has 0 spiro atoms. The number of allylic oxidation sites excluding steroid dienone is 1. The Balaban J connectivity index is 0.00000353. The first kappa shape index (κ1) is 35.3. The topological polar surface area (TPSA) is 122 Å². The van der Waals surface area contributed by atoms with Crippen molar-refractivity contribution in [3.8, 4) is 0 Å². The third-order valence-corrected chi connectivity index (χ3v) is 7.38. The normalized spacial score (nSPS) is 14.1. The van der Waals surface area contributed by atoms with E-state index in [4.69, 9.17) is 27.9 Å². The van der Waals surface area contributed by atoms with Crippen LogP contribution in [0.25, 0.3) is 5.57 Å². The Morgan fingerprint density at radius 3 is 2.25 bits per heavy atom. The van der Waals surface area contributed by atoms with Gasteiger partial charge in [-0.1, -0.05) is 47.5 Å². The fourth-order valence-electron chi connectivity index (χ4n) is 4.79. The summed E-state index contributed by atoms with van der Waals surface area (Å²) in [7, 11) is 0. The molecule has 0 saturated heterocycles. The van der Waals surface area contributed by atoms with Crippen molar-refractivity contribution in [2.75, 3.05) is 5.32 Å². The number of nitrogens with one attached hydrogen (secondary N) is 2. The van der Waals surface area contributed by atoms with E-state index in [0.717, 1.165) is 36.0 Å². The zero-order valence-electron chi connectivity index (χ0n) is 26.0. The number of ether oxygens (including phenoxy) is 1. The van der Waals surface area contributed by atoms with Crippen molar-refractivity contribution in [3.05, 3.63) is 105 Å². The van der Waals surface area contributed by atoms with Crippen LogP contribution in [0.3, 0.4) is 0 Å². The van der Waals surface area contributed by atoms with Crippen LogP contribution in [0.4, 0.5) is 5.69 Å². The molecule has 0 aliphatic heterocycles. The summed E-state index contributed by atoms with van der Waals surface area (Å²) in [6, 6.07) is 15.3. The molecular formula is C33H33Cl2N2NaO6. The summed E-state index contributed by atoms with van der Waals surface area (Å²) in [6.07, 6.45) is 3.79. The van der Waals surface area contributed by atoms with Crippen molar-refractivity contribution in [3.63, 3.8) is 0 Å². The van der Waals surface area contributed by atoms with Gasteiger partial charge >= 0.3 is 41.5 Å². The minimum Gasteiger partial charge on any atom is -1.00 e. The summed E-state index contributed by atoms with van der Waals surface area (Å²) in [4.78, 5) is 50.1. The number of carboxylic acids is 1. The molecule has 4 rings (SSSR count). The molecule has 226 valence electrons. The van der Waals surface area contributed by atoms with E-state index in [1.165, 1.54) is 6.08 Å². The Hall–Kier alpha value is -3.14. The van der Waals surface area contributed by atoms with Crippen molar-refractivity contribution < 1.29 is 60.0 Å². The number of benzene rings is 3. The van der Waals surface area contributed by atoms with Gasteiger partial charge in [0.25, 0.3) is 11.8 Å². The summed E-state index contributed by atoms with van der Waals surface area (Å²) < 4.78 is 5.42. The second kappa shape index (κ2) is 15.2. The summed E-state index contributed by atoms with van der Waals surface area (Å²) in [5.74, 6) is -2.59. The quantitative estimate of drug-likeness (QED) is 0.194. The second-order valence-electron chi connectivity index (χ2n) is 11.2. The zero-order chi connectivity index (χ0) is 31.3. The molecule has 1 aliphatic rings. The first-order chi connectivity index (χ1) is 20.3. The number of hydrogen-bond acceptors (Lipinski definition) is 5. The molecule has 0 unspecified atom stereocenters. The molecule has 0 saturated carbocycles. The third-order valence-electron chi connectivity index (χ3n) is 6.75. The molecule has 44 heavy (non-hydrogen) atoms. The Kier molecular flexibility index (Phi) is 12.2. The van der Waals surface area contributed by atoms with Gasteiger partial charge in [-0.2, -0.15) is 0 Å². The van der Waals surface area contributed by atoms with Crippen molar-refractivity contribution in [2.45, 2.75) is 58.1 Å². The maximum absolute atomic E-state index is 13.1. The number of aliphatic carboxylic acids is 1. The van der Waals surface area contributed by atoms with Gasteiger partial charge < -0.3 is 21.9 Å². The molecule has 1 atom stereocenters. The maximum Gasteiger partial charge on any atom is 1.00 e. The Morgan fingerprint density at radius 2 is 1.64 bits per heavy atom. The molecule has 3 aromatic carbocycles. The predicted octanol–water partition coefficient (Wildman–Crippen LogP) is 3.85. The van der Waals surface area contributed by atoms with E-state index in [2.05, 4.69) is 10.6 Å². The number of carboxylic acid groups (broad SMARTS) is 1. The minimum absolute atomic E-state index is 0. The Morgan fingerprint density at radius 1 is 0.977 bits per heavy atom. The fraction of sp³-hybridized carbons (Fsp3) is 0.273. The molecule has 0 bridgehead atoms. The van der Waals surface area contributed by atoms with Crippen LogP contribution in [0.2, 0.25) is 10.0 Å². The number of halogens is 2. The molecule has 0 fully saturated rings. The van der Waals surface area contributed by atoms with Crippen LogP contribution in [0.5, 0.6) is 0 Å². The van der Waals surface area contributed by atoms with E-state index in [9.17, 15) is 24.3 Å². The Labute approximate surface area is 289 Å². The van der Waals surface area contributed by atoms with Gasteiger partial charge in [0.1, 0.15) is 11.6 Å². The third kappa shape index (κ3) is 9.43. The van der Waals surface area contributed by atoms with E-state index in [0.29, 0.717) is 16.8 Å². The SMILES string of the molecule is CC(C)(C)OC(=O)/C=C1\CCCc2cc(C(=O)N[C@@H](Cc3ccc(NC(=O)c4c(Cl)cccc4Cl)cc3)C(=O)O)ccc21.[H-].[Na+]. The summed E-state index contributed by atoms with van der Waals surface area (Å²) >= 11 is 12.2. The monoisotopic (exact) mass is 646 g/mol. The first-order valence-electron chi connectivity index (χ1n) is 13.8. The number of carbonyl (C=O) groups is 4. The molecular weight excluding hydrogens is 614 g/mol. The van der Waals surface area contributed by atoms with Crippen LogP contribution in [0.15, 0.2) is 66.7 Å². The van der Waals surface area contributed by atoms with Crippen molar-refractivity contribution in [2.24, 2.45) is 0 Å². The van der Waals surface area contributed by atoms with Crippen LogP contribution in [-0.4, -0.2) is 40.5 Å². The Bertz CT molecular complexity index is 1590. The van der Waals surface area contributed by atoms with E-state index in [1.807, 2.05) is 20.8 Å². The number of rotatable bonds is 8. The molecule has 2 amide bonds. The van der Waals surface area contributed by atoms with E-state index < -0.39 is 35.4 Å². The molecule has 3 N–H and O–H groups in total. The van der Waals surface area contributed by atoms with Crippen LogP contribution in [-0.2, 0) is 27.2 Å².